The normalized spacial score (nSPS) is 19.6. The second-order valence-electron chi connectivity index (χ2n) is 5.04. The first-order valence-electron chi connectivity index (χ1n) is 6.67. The molecule has 0 nitrogen and oxygen atoms in total. The molecule has 0 saturated carbocycles. The fourth-order valence-corrected chi connectivity index (χ4v) is 2.88. The van der Waals surface area contributed by atoms with Crippen molar-refractivity contribution >= 4 is 10.8 Å². The average molecular weight is 234 g/mol. The van der Waals surface area contributed by atoms with Gasteiger partial charge in [0.25, 0.3) is 0 Å². The molecule has 0 aromatic heterocycles. The molecule has 90 valence electrons. The van der Waals surface area contributed by atoms with E-state index in [2.05, 4.69) is 67.6 Å². The van der Waals surface area contributed by atoms with Crippen molar-refractivity contribution in [3.8, 4) is 0 Å². The van der Waals surface area contributed by atoms with Crippen molar-refractivity contribution in [1.82, 2.24) is 0 Å². The molecule has 0 heteroatoms. The van der Waals surface area contributed by atoms with Crippen LogP contribution in [0.4, 0.5) is 0 Å². The minimum atomic E-state index is 0.561. The molecule has 1 aliphatic carbocycles. The number of allylic oxidation sites excluding steroid dienone is 4. The van der Waals surface area contributed by atoms with Crippen LogP contribution in [-0.4, -0.2) is 0 Å². The summed E-state index contributed by atoms with van der Waals surface area (Å²) in [5.74, 6) is 0.561. The SMILES string of the molecule is CC1=CC=CCCC1c1cccc2ccccc12. The van der Waals surface area contributed by atoms with Crippen molar-refractivity contribution in [3.63, 3.8) is 0 Å². The van der Waals surface area contributed by atoms with Crippen molar-refractivity contribution in [2.75, 3.05) is 0 Å². The Morgan fingerprint density at radius 2 is 1.83 bits per heavy atom. The molecular formula is C18H18. The van der Waals surface area contributed by atoms with Gasteiger partial charge in [0, 0.05) is 5.92 Å². The highest BCUT2D eigenvalue weighted by molar-refractivity contribution is 5.86. The molecule has 18 heavy (non-hydrogen) atoms. The van der Waals surface area contributed by atoms with Gasteiger partial charge in [0.05, 0.1) is 0 Å². The summed E-state index contributed by atoms with van der Waals surface area (Å²) in [4.78, 5) is 0. The third-order valence-electron chi connectivity index (χ3n) is 3.87. The molecule has 0 amide bonds. The molecule has 2 aromatic rings. The smallest absolute Gasteiger partial charge is 0.00576 e. The van der Waals surface area contributed by atoms with Gasteiger partial charge in [0.2, 0.25) is 0 Å². The molecule has 0 saturated heterocycles. The van der Waals surface area contributed by atoms with E-state index in [1.165, 1.54) is 34.8 Å². The van der Waals surface area contributed by atoms with Gasteiger partial charge in [-0.05, 0) is 36.1 Å². The number of hydrogen-bond donors (Lipinski definition) is 0. The summed E-state index contributed by atoms with van der Waals surface area (Å²) in [5, 5.41) is 2.75. The fraction of sp³-hybridized carbons (Fsp3) is 0.222. The molecule has 0 bridgehead atoms. The first kappa shape index (κ1) is 11.3. The van der Waals surface area contributed by atoms with Gasteiger partial charge in [0.15, 0.2) is 0 Å². The highest BCUT2D eigenvalue weighted by Gasteiger charge is 2.16. The lowest BCUT2D eigenvalue weighted by Gasteiger charge is -2.18. The lowest BCUT2D eigenvalue weighted by atomic mass is 9.86. The minimum Gasteiger partial charge on any atom is -0.0845 e. The minimum absolute atomic E-state index is 0.561. The maximum atomic E-state index is 2.29. The third kappa shape index (κ3) is 1.99. The van der Waals surface area contributed by atoms with Crippen LogP contribution in [0.2, 0.25) is 0 Å². The van der Waals surface area contributed by atoms with Crippen LogP contribution < -0.4 is 0 Å². The molecular weight excluding hydrogens is 216 g/mol. The van der Waals surface area contributed by atoms with Crippen molar-refractivity contribution in [1.29, 1.82) is 0 Å². The Morgan fingerprint density at radius 3 is 2.78 bits per heavy atom. The number of rotatable bonds is 1. The lowest BCUT2D eigenvalue weighted by Crippen LogP contribution is -2.00. The molecule has 3 rings (SSSR count). The molecule has 0 spiro atoms. The quantitative estimate of drug-likeness (QED) is 0.634. The Morgan fingerprint density at radius 1 is 1.00 bits per heavy atom. The van der Waals surface area contributed by atoms with Gasteiger partial charge in [-0.2, -0.15) is 0 Å². The maximum absolute atomic E-state index is 2.29. The summed E-state index contributed by atoms with van der Waals surface area (Å²) in [6.07, 6.45) is 9.11. The van der Waals surface area contributed by atoms with Gasteiger partial charge in [0.1, 0.15) is 0 Å². The van der Waals surface area contributed by atoms with Gasteiger partial charge in [-0.15, -0.1) is 0 Å². The van der Waals surface area contributed by atoms with Crippen LogP contribution in [0, 0.1) is 0 Å². The number of hydrogen-bond acceptors (Lipinski definition) is 0. The number of fused-ring (bicyclic) bond motifs is 1. The summed E-state index contributed by atoms with van der Waals surface area (Å²) in [7, 11) is 0. The molecule has 0 aliphatic heterocycles. The molecule has 0 fully saturated rings. The molecule has 1 aliphatic rings. The van der Waals surface area contributed by atoms with Crippen LogP contribution in [-0.2, 0) is 0 Å². The largest absolute Gasteiger partial charge is 0.0845 e. The predicted octanol–water partition coefficient (Wildman–Crippen LogP) is 5.22. The summed E-state index contributed by atoms with van der Waals surface area (Å²) >= 11 is 0. The van der Waals surface area contributed by atoms with E-state index in [4.69, 9.17) is 0 Å². The van der Waals surface area contributed by atoms with Crippen LogP contribution in [0.15, 0.2) is 66.3 Å². The summed E-state index contributed by atoms with van der Waals surface area (Å²) < 4.78 is 0. The van der Waals surface area contributed by atoms with Crippen molar-refractivity contribution in [3.05, 3.63) is 71.8 Å². The fourth-order valence-electron chi connectivity index (χ4n) is 2.88. The van der Waals surface area contributed by atoms with Gasteiger partial charge < -0.3 is 0 Å². The molecule has 1 unspecified atom stereocenters. The molecule has 2 aromatic carbocycles. The van der Waals surface area contributed by atoms with Gasteiger partial charge in [-0.25, -0.2) is 0 Å². The standard InChI is InChI=1S/C18H18/c1-14-8-3-2-4-11-16(14)18-13-7-10-15-9-5-6-12-17(15)18/h2-3,5-10,12-13,16H,4,11H2,1H3. The average Bonchev–Trinajstić information content (AvgIpc) is 2.63. The first-order valence-corrected chi connectivity index (χ1v) is 6.67. The highest BCUT2D eigenvalue weighted by atomic mass is 14.2. The van der Waals surface area contributed by atoms with Gasteiger partial charge >= 0.3 is 0 Å². The second kappa shape index (κ2) is 4.81. The summed E-state index contributed by atoms with van der Waals surface area (Å²) in [6.45, 7) is 2.25. The van der Waals surface area contributed by atoms with Gasteiger partial charge in [-0.1, -0.05) is 66.3 Å². The van der Waals surface area contributed by atoms with E-state index in [-0.39, 0.29) is 0 Å². The first-order chi connectivity index (χ1) is 8.86. The zero-order valence-electron chi connectivity index (χ0n) is 10.8. The van der Waals surface area contributed by atoms with E-state index in [1.807, 2.05) is 0 Å². The van der Waals surface area contributed by atoms with Crippen LogP contribution in [0.1, 0.15) is 31.2 Å². The zero-order chi connectivity index (χ0) is 12.4. The van der Waals surface area contributed by atoms with Crippen LogP contribution in [0.3, 0.4) is 0 Å². The lowest BCUT2D eigenvalue weighted by molar-refractivity contribution is 0.725. The maximum Gasteiger partial charge on any atom is 0.00576 e. The molecule has 0 radical (unpaired) electrons. The van der Waals surface area contributed by atoms with E-state index >= 15 is 0 Å². The van der Waals surface area contributed by atoms with E-state index in [1.54, 1.807) is 0 Å². The Kier molecular flexibility index (Phi) is 3.02. The Bertz CT molecular complexity index is 611. The van der Waals surface area contributed by atoms with Crippen LogP contribution in [0.5, 0.6) is 0 Å². The molecule has 1 atom stereocenters. The number of benzene rings is 2. The second-order valence-corrected chi connectivity index (χ2v) is 5.04. The van der Waals surface area contributed by atoms with Crippen molar-refractivity contribution in [2.45, 2.75) is 25.7 Å². The zero-order valence-corrected chi connectivity index (χ0v) is 10.8. The van der Waals surface area contributed by atoms with E-state index in [9.17, 15) is 0 Å². The monoisotopic (exact) mass is 234 g/mol. The van der Waals surface area contributed by atoms with E-state index < -0.39 is 0 Å². The summed E-state index contributed by atoms with van der Waals surface area (Å²) in [5.41, 5.74) is 2.95. The van der Waals surface area contributed by atoms with E-state index in [0.717, 1.165) is 0 Å². The molecule has 0 N–H and O–H groups in total. The predicted molar refractivity (Wildman–Crippen MR) is 78.8 cm³/mol. The Hall–Kier alpha value is -1.82. The molecule has 0 heterocycles. The van der Waals surface area contributed by atoms with Gasteiger partial charge in [-0.3, -0.25) is 0 Å². The van der Waals surface area contributed by atoms with E-state index in [0.29, 0.717) is 5.92 Å². The van der Waals surface area contributed by atoms with Crippen LogP contribution >= 0.6 is 0 Å². The topological polar surface area (TPSA) is 0 Å². The summed E-state index contributed by atoms with van der Waals surface area (Å²) in [6, 6.07) is 15.4. The van der Waals surface area contributed by atoms with Crippen molar-refractivity contribution in [2.24, 2.45) is 0 Å². The Balaban J connectivity index is 2.14. The van der Waals surface area contributed by atoms with Crippen LogP contribution in [0.25, 0.3) is 10.8 Å². The Labute approximate surface area is 109 Å². The highest BCUT2D eigenvalue weighted by Crippen LogP contribution is 2.35. The van der Waals surface area contributed by atoms with Crippen molar-refractivity contribution < 1.29 is 0 Å². The third-order valence-corrected chi connectivity index (χ3v) is 3.87.